The van der Waals surface area contributed by atoms with Crippen LogP contribution in [-0.2, 0) is 4.74 Å². The van der Waals surface area contributed by atoms with E-state index in [0.717, 1.165) is 11.1 Å². The Morgan fingerprint density at radius 3 is 2.67 bits per heavy atom. The van der Waals surface area contributed by atoms with Gasteiger partial charge in [-0.05, 0) is 6.07 Å². The number of fused-ring (bicyclic) bond motifs is 1. The first-order chi connectivity index (χ1) is 7.36. The maximum Gasteiger partial charge on any atom is 0.272 e. The van der Waals surface area contributed by atoms with E-state index in [1.807, 2.05) is 24.3 Å². The predicted octanol–water partition coefficient (Wildman–Crippen LogP) is 1.04. The van der Waals surface area contributed by atoms with Crippen molar-refractivity contribution >= 4 is 10.8 Å². The fourth-order valence-corrected chi connectivity index (χ4v) is 1.84. The molecule has 0 saturated carbocycles. The van der Waals surface area contributed by atoms with Crippen molar-refractivity contribution in [2.75, 3.05) is 13.2 Å². The quantitative estimate of drug-likeness (QED) is 0.751. The molecule has 76 valence electrons. The second-order valence-electron chi connectivity index (χ2n) is 3.72. The number of hydrogen-bond acceptors (Lipinski definition) is 3. The lowest BCUT2D eigenvalue weighted by atomic mass is 9.99. The van der Waals surface area contributed by atoms with E-state index in [9.17, 15) is 4.79 Å². The number of aromatic nitrogens is 2. The van der Waals surface area contributed by atoms with Gasteiger partial charge in [-0.25, -0.2) is 5.10 Å². The lowest BCUT2D eigenvalue weighted by molar-refractivity contribution is 0.00700. The zero-order valence-corrected chi connectivity index (χ0v) is 8.06. The predicted molar refractivity (Wildman–Crippen MR) is 55.9 cm³/mol. The molecule has 1 aliphatic rings. The molecule has 1 saturated heterocycles. The summed E-state index contributed by atoms with van der Waals surface area (Å²) in [6.07, 6.45) is 0. The standard InChI is InChI=1S/C11H10N2O2/c14-11-9-4-2-1-3-8(9)10(12-13-11)7-5-15-6-7/h1-4,7H,5-6H2,(H,13,14). The topological polar surface area (TPSA) is 55.0 Å². The second-order valence-corrected chi connectivity index (χ2v) is 3.72. The van der Waals surface area contributed by atoms with Gasteiger partial charge in [0.05, 0.1) is 30.2 Å². The summed E-state index contributed by atoms with van der Waals surface area (Å²) >= 11 is 0. The fourth-order valence-electron chi connectivity index (χ4n) is 1.84. The monoisotopic (exact) mass is 202 g/mol. The van der Waals surface area contributed by atoms with Gasteiger partial charge in [0.15, 0.2) is 0 Å². The minimum absolute atomic E-state index is 0.130. The summed E-state index contributed by atoms with van der Waals surface area (Å²) in [6, 6.07) is 7.54. The number of H-pyrrole nitrogens is 1. The van der Waals surface area contributed by atoms with Crippen molar-refractivity contribution in [2.24, 2.45) is 0 Å². The minimum atomic E-state index is -0.130. The molecule has 0 unspecified atom stereocenters. The second kappa shape index (κ2) is 3.17. The maximum absolute atomic E-state index is 11.5. The SMILES string of the molecule is O=c1[nH]nc(C2COC2)c2ccccc12. The number of nitrogens with one attached hydrogen (secondary N) is 1. The third kappa shape index (κ3) is 1.26. The van der Waals surface area contributed by atoms with E-state index in [2.05, 4.69) is 10.2 Å². The molecule has 0 bridgehead atoms. The smallest absolute Gasteiger partial charge is 0.272 e. The lowest BCUT2D eigenvalue weighted by Crippen LogP contribution is -2.27. The van der Waals surface area contributed by atoms with Crippen LogP contribution in [-0.4, -0.2) is 23.4 Å². The van der Waals surface area contributed by atoms with Crippen LogP contribution in [0.2, 0.25) is 0 Å². The molecule has 4 heteroatoms. The van der Waals surface area contributed by atoms with Crippen LogP contribution in [0.3, 0.4) is 0 Å². The molecule has 1 aromatic heterocycles. The first-order valence-corrected chi connectivity index (χ1v) is 4.91. The number of nitrogens with zero attached hydrogens (tertiary/aromatic N) is 1. The molecule has 1 N–H and O–H groups in total. The molecular weight excluding hydrogens is 192 g/mol. The Labute approximate surface area is 85.9 Å². The summed E-state index contributed by atoms with van der Waals surface area (Å²) in [6.45, 7) is 1.39. The first-order valence-electron chi connectivity index (χ1n) is 4.91. The van der Waals surface area contributed by atoms with E-state index in [0.29, 0.717) is 24.5 Å². The van der Waals surface area contributed by atoms with Gasteiger partial charge in [-0.1, -0.05) is 18.2 Å². The average molecular weight is 202 g/mol. The van der Waals surface area contributed by atoms with Crippen LogP contribution < -0.4 is 5.56 Å². The van der Waals surface area contributed by atoms with Crippen molar-refractivity contribution in [3.8, 4) is 0 Å². The number of hydrogen-bond donors (Lipinski definition) is 1. The molecule has 0 radical (unpaired) electrons. The highest BCUT2D eigenvalue weighted by Gasteiger charge is 2.24. The molecule has 3 rings (SSSR count). The Morgan fingerprint density at radius 1 is 1.27 bits per heavy atom. The summed E-state index contributed by atoms with van der Waals surface area (Å²) in [5.74, 6) is 0.326. The Hall–Kier alpha value is -1.68. The normalized spacial score (nSPS) is 16.5. The van der Waals surface area contributed by atoms with Gasteiger partial charge in [0.2, 0.25) is 0 Å². The van der Waals surface area contributed by atoms with Gasteiger partial charge in [0, 0.05) is 5.39 Å². The minimum Gasteiger partial charge on any atom is -0.380 e. The van der Waals surface area contributed by atoms with E-state index < -0.39 is 0 Å². The van der Waals surface area contributed by atoms with Gasteiger partial charge in [0.1, 0.15) is 0 Å². The number of ether oxygens (including phenoxy) is 1. The van der Waals surface area contributed by atoms with Crippen molar-refractivity contribution < 1.29 is 4.74 Å². The summed E-state index contributed by atoms with van der Waals surface area (Å²) in [5, 5.41) is 8.28. The summed E-state index contributed by atoms with van der Waals surface area (Å²) < 4.78 is 5.14. The van der Waals surface area contributed by atoms with Crippen LogP contribution in [0.15, 0.2) is 29.1 Å². The highest BCUT2D eigenvalue weighted by atomic mass is 16.5. The van der Waals surface area contributed by atoms with Crippen molar-refractivity contribution in [3.63, 3.8) is 0 Å². The maximum atomic E-state index is 11.5. The van der Waals surface area contributed by atoms with Gasteiger partial charge in [-0.15, -0.1) is 0 Å². The van der Waals surface area contributed by atoms with Gasteiger partial charge in [-0.2, -0.15) is 5.10 Å². The van der Waals surface area contributed by atoms with E-state index in [1.165, 1.54) is 0 Å². The molecule has 1 aliphatic heterocycles. The highest BCUT2D eigenvalue weighted by Crippen LogP contribution is 2.26. The number of aromatic amines is 1. The molecule has 0 aliphatic carbocycles. The average Bonchev–Trinajstić information content (AvgIpc) is 2.20. The molecule has 2 aromatic rings. The Kier molecular flexibility index (Phi) is 1.82. The van der Waals surface area contributed by atoms with Gasteiger partial charge < -0.3 is 4.74 Å². The van der Waals surface area contributed by atoms with Crippen molar-refractivity contribution in [1.29, 1.82) is 0 Å². The molecule has 4 nitrogen and oxygen atoms in total. The van der Waals surface area contributed by atoms with Crippen molar-refractivity contribution in [2.45, 2.75) is 5.92 Å². The molecule has 1 fully saturated rings. The molecule has 1 aromatic carbocycles. The van der Waals surface area contributed by atoms with Gasteiger partial charge >= 0.3 is 0 Å². The van der Waals surface area contributed by atoms with Crippen LogP contribution in [0, 0.1) is 0 Å². The Morgan fingerprint density at radius 2 is 2.00 bits per heavy atom. The van der Waals surface area contributed by atoms with Gasteiger partial charge in [-0.3, -0.25) is 4.79 Å². The summed E-state index contributed by atoms with van der Waals surface area (Å²) in [7, 11) is 0. The Bertz CT molecular complexity index is 558. The first kappa shape index (κ1) is 8.61. The molecular formula is C11H10N2O2. The molecule has 2 heterocycles. The molecule has 15 heavy (non-hydrogen) atoms. The molecule has 0 spiro atoms. The lowest BCUT2D eigenvalue weighted by Gasteiger charge is -2.25. The summed E-state index contributed by atoms with van der Waals surface area (Å²) in [4.78, 5) is 11.5. The van der Waals surface area contributed by atoms with E-state index in [4.69, 9.17) is 4.74 Å². The fraction of sp³-hybridized carbons (Fsp3) is 0.273. The van der Waals surface area contributed by atoms with Crippen LogP contribution in [0.4, 0.5) is 0 Å². The Balaban J connectivity index is 2.30. The zero-order chi connectivity index (χ0) is 10.3. The van der Waals surface area contributed by atoms with Crippen LogP contribution in [0.25, 0.3) is 10.8 Å². The van der Waals surface area contributed by atoms with E-state index in [-0.39, 0.29) is 5.56 Å². The summed E-state index contributed by atoms with van der Waals surface area (Å²) in [5.41, 5.74) is 0.811. The van der Waals surface area contributed by atoms with E-state index in [1.54, 1.807) is 0 Å². The van der Waals surface area contributed by atoms with Gasteiger partial charge in [0.25, 0.3) is 5.56 Å². The molecule has 0 amide bonds. The largest absolute Gasteiger partial charge is 0.380 e. The van der Waals surface area contributed by atoms with Crippen molar-refractivity contribution in [3.05, 3.63) is 40.3 Å². The zero-order valence-electron chi connectivity index (χ0n) is 8.06. The van der Waals surface area contributed by atoms with Crippen LogP contribution in [0.1, 0.15) is 11.6 Å². The van der Waals surface area contributed by atoms with Crippen molar-refractivity contribution in [1.82, 2.24) is 10.2 Å². The van der Waals surface area contributed by atoms with Crippen LogP contribution in [0.5, 0.6) is 0 Å². The number of benzene rings is 1. The number of rotatable bonds is 1. The molecule has 0 atom stereocenters. The third-order valence-corrected chi connectivity index (χ3v) is 2.75. The third-order valence-electron chi connectivity index (χ3n) is 2.75. The van der Waals surface area contributed by atoms with Crippen LogP contribution >= 0.6 is 0 Å². The van der Waals surface area contributed by atoms with E-state index >= 15 is 0 Å². The highest BCUT2D eigenvalue weighted by molar-refractivity contribution is 5.83.